The molecule has 1 aromatic heterocycles. The number of rotatable bonds is 6. The molecule has 1 aliphatic carbocycles. The molecule has 1 aromatic rings. The average molecular weight is 251 g/mol. The van der Waals surface area contributed by atoms with Gasteiger partial charge in [-0.05, 0) is 32.6 Å². The predicted octanol–water partition coefficient (Wildman–Crippen LogP) is 1.91. The first kappa shape index (κ1) is 12.9. The van der Waals surface area contributed by atoms with Crippen LogP contribution < -0.4 is 15.4 Å². The van der Waals surface area contributed by atoms with Gasteiger partial charge < -0.3 is 15.4 Å². The molecule has 1 fully saturated rings. The van der Waals surface area contributed by atoms with Crippen molar-refractivity contribution in [3.63, 3.8) is 0 Å². The number of anilines is 2. The predicted molar refractivity (Wildman–Crippen MR) is 71.0 cm³/mol. The maximum absolute atomic E-state index is 5.33. The molecular formula is C12H21N5O. The standard InChI is InChI=1S/C12H21N5O/c1-4-18-12-16-10(13-3)15-11(17-12)14-8(2)9-6-5-7-9/h8-9H,4-7H2,1-3H3,(H2,13,14,15,16,17). The van der Waals surface area contributed by atoms with Crippen molar-refractivity contribution < 1.29 is 4.74 Å². The number of aromatic nitrogens is 3. The molecule has 0 bridgehead atoms. The van der Waals surface area contributed by atoms with Gasteiger partial charge in [0.05, 0.1) is 6.61 Å². The molecule has 0 amide bonds. The van der Waals surface area contributed by atoms with E-state index in [9.17, 15) is 0 Å². The molecule has 6 nitrogen and oxygen atoms in total. The Balaban J connectivity index is 2.07. The summed E-state index contributed by atoms with van der Waals surface area (Å²) in [4.78, 5) is 12.7. The first-order valence-corrected chi connectivity index (χ1v) is 6.56. The molecule has 0 spiro atoms. The Bertz CT molecular complexity index is 394. The van der Waals surface area contributed by atoms with Gasteiger partial charge in [0.25, 0.3) is 0 Å². The Labute approximate surface area is 108 Å². The molecule has 18 heavy (non-hydrogen) atoms. The van der Waals surface area contributed by atoms with Crippen LogP contribution in [-0.4, -0.2) is 34.6 Å². The summed E-state index contributed by atoms with van der Waals surface area (Å²) in [5.74, 6) is 1.84. The van der Waals surface area contributed by atoms with Gasteiger partial charge in [-0.3, -0.25) is 0 Å². The largest absolute Gasteiger partial charge is 0.464 e. The molecule has 0 saturated heterocycles. The van der Waals surface area contributed by atoms with Crippen molar-refractivity contribution >= 4 is 11.9 Å². The Morgan fingerprint density at radius 2 is 2.00 bits per heavy atom. The third kappa shape index (κ3) is 3.00. The van der Waals surface area contributed by atoms with Crippen molar-refractivity contribution in [3.8, 4) is 6.01 Å². The van der Waals surface area contributed by atoms with E-state index in [0.717, 1.165) is 5.92 Å². The van der Waals surface area contributed by atoms with E-state index < -0.39 is 0 Å². The van der Waals surface area contributed by atoms with E-state index in [1.807, 2.05) is 6.92 Å². The van der Waals surface area contributed by atoms with Gasteiger partial charge in [-0.25, -0.2) is 0 Å². The maximum Gasteiger partial charge on any atom is 0.323 e. The quantitative estimate of drug-likeness (QED) is 0.804. The summed E-state index contributed by atoms with van der Waals surface area (Å²) in [6, 6.07) is 0.750. The van der Waals surface area contributed by atoms with Crippen LogP contribution in [0.4, 0.5) is 11.9 Å². The van der Waals surface area contributed by atoms with E-state index >= 15 is 0 Å². The zero-order valence-electron chi connectivity index (χ0n) is 11.2. The Hall–Kier alpha value is -1.59. The van der Waals surface area contributed by atoms with E-state index in [1.54, 1.807) is 7.05 Å². The lowest BCUT2D eigenvalue weighted by molar-refractivity contribution is 0.283. The normalized spacial score (nSPS) is 16.8. The van der Waals surface area contributed by atoms with Gasteiger partial charge >= 0.3 is 6.01 Å². The Morgan fingerprint density at radius 3 is 2.56 bits per heavy atom. The van der Waals surface area contributed by atoms with Crippen LogP contribution in [0.1, 0.15) is 33.1 Å². The molecule has 1 atom stereocenters. The highest BCUT2D eigenvalue weighted by Crippen LogP contribution is 2.30. The highest BCUT2D eigenvalue weighted by atomic mass is 16.5. The molecule has 1 saturated carbocycles. The van der Waals surface area contributed by atoms with Gasteiger partial charge in [0, 0.05) is 13.1 Å². The van der Waals surface area contributed by atoms with Gasteiger partial charge in [0.15, 0.2) is 0 Å². The van der Waals surface area contributed by atoms with Crippen molar-refractivity contribution in [1.82, 2.24) is 15.0 Å². The number of ether oxygens (including phenoxy) is 1. The lowest BCUT2D eigenvalue weighted by Crippen LogP contribution is -2.31. The molecule has 2 rings (SSSR count). The summed E-state index contributed by atoms with van der Waals surface area (Å²) < 4.78 is 5.33. The van der Waals surface area contributed by atoms with Crippen LogP contribution in [0.3, 0.4) is 0 Å². The van der Waals surface area contributed by atoms with Crippen LogP contribution in [0.2, 0.25) is 0 Å². The van der Waals surface area contributed by atoms with E-state index in [0.29, 0.717) is 30.6 Å². The monoisotopic (exact) mass is 251 g/mol. The highest BCUT2D eigenvalue weighted by Gasteiger charge is 2.24. The number of hydrogen-bond acceptors (Lipinski definition) is 6. The topological polar surface area (TPSA) is 72.0 Å². The van der Waals surface area contributed by atoms with Gasteiger partial charge in [0.2, 0.25) is 11.9 Å². The van der Waals surface area contributed by atoms with E-state index in [-0.39, 0.29) is 0 Å². The van der Waals surface area contributed by atoms with E-state index in [1.165, 1.54) is 19.3 Å². The van der Waals surface area contributed by atoms with E-state index in [4.69, 9.17) is 4.74 Å². The number of hydrogen-bond donors (Lipinski definition) is 2. The fourth-order valence-corrected chi connectivity index (χ4v) is 1.99. The lowest BCUT2D eigenvalue weighted by atomic mass is 9.80. The summed E-state index contributed by atoms with van der Waals surface area (Å²) >= 11 is 0. The zero-order valence-corrected chi connectivity index (χ0v) is 11.2. The molecule has 100 valence electrons. The highest BCUT2D eigenvalue weighted by molar-refractivity contribution is 5.36. The molecule has 1 heterocycles. The molecule has 0 radical (unpaired) electrons. The minimum absolute atomic E-state index is 0.361. The minimum Gasteiger partial charge on any atom is -0.464 e. The van der Waals surface area contributed by atoms with E-state index in [2.05, 4.69) is 32.5 Å². The fourth-order valence-electron chi connectivity index (χ4n) is 1.99. The smallest absolute Gasteiger partial charge is 0.323 e. The summed E-state index contributed by atoms with van der Waals surface area (Å²) in [7, 11) is 1.78. The Morgan fingerprint density at radius 1 is 1.28 bits per heavy atom. The minimum atomic E-state index is 0.361. The molecule has 6 heteroatoms. The van der Waals surface area contributed by atoms with Crippen LogP contribution in [0.5, 0.6) is 6.01 Å². The zero-order chi connectivity index (χ0) is 13.0. The molecule has 1 unspecified atom stereocenters. The van der Waals surface area contributed by atoms with Gasteiger partial charge in [0.1, 0.15) is 0 Å². The van der Waals surface area contributed by atoms with Gasteiger partial charge in [-0.15, -0.1) is 0 Å². The van der Waals surface area contributed by atoms with Crippen molar-refractivity contribution in [2.75, 3.05) is 24.3 Å². The number of nitrogens with one attached hydrogen (secondary N) is 2. The molecule has 0 aliphatic heterocycles. The summed E-state index contributed by atoms with van der Waals surface area (Å²) in [6.45, 7) is 4.63. The average Bonchev–Trinajstić information content (AvgIpc) is 2.26. The second kappa shape index (κ2) is 5.84. The SMILES string of the molecule is CCOc1nc(NC)nc(NC(C)C2CCC2)n1. The molecule has 0 aromatic carbocycles. The maximum atomic E-state index is 5.33. The number of nitrogens with zero attached hydrogens (tertiary/aromatic N) is 3. The van der Waals surface area contributed by atoms with Crippen molar-refractivity contribution in [1.29, 1.82) is 0 Å². The molecule has 1 aliphatic rings. The summed E-state index contributed by atoms with van der Waals surface area (Å²) in [5, 5.41) is 6.25. The fraction of sp³-hybridized carbons (Fsp3) is 0.750. The van der Waals surface area contributed by atoms with Crippen molar-refractivity contribution in [2.45, 2.75) is 39.2 Å². The third-order valence-electron chi connectivity index (χ3n) is 3.33. The van der Waals surface area contributed by atoms with Gasteiger partial charge in [-0.2, -0.15) is 15.0 Å². The lowest BCUT2D eigenvalue weighted by Gasteiger charge is -2.31. The third-order valence-corrected chi connectivity index (χ3v) is 3.33. The molecular weight excluding hydrogens is 230 g/mol. The molecule has 2 N–H and O–H groups in total. The van der Waals surface area contributed by atoms with Gasteiger partial charge in [-0.1, -0.05) is 6.42 Å². The van der Waals surface area contributed by atoms with Crippen LogP contribution >= 0.6 is 0 Å². The Kier molecular flexibility index (Phi) is 4.17. The first-order valence-electron chi connectivity index (χ1n) is 6.56. The first-order chi connectivity index (χ1) is 8.72. The van der Waals surface area contributed by atoms with Crippen LogP contribution in [0.25, 0.3) is 0 Å². The van der Waals surface area contributed by atoms with Crippen LogP contribution in [-0.2, 0) is 0 Å². The second-order valence-electron chi connectivity index (χ2n) is 4.57. The summed E-state index contributed by atoms with van der Waals surface area (Å²) in [6.07, 6.45) is 3.91. The van der Waals surface area contributed by atoms with Crippen LogP contribution in [0.15, 0.2) is 0 Å². The van der Waals surface area contributed by atoms with Crippen molar-refractivity contribution in [2.24, 2.45) is 5.92 Å². The van der Waals surface area contributed by atoms with Crippen molar-refractivity contribution in [3.05, 3.63) is 0 Å². The second-order valence-corrected chi connectivity index (χ2v) is 4.57. The van der Waals surface area contributed by atoms with Crippen LogP contribution in [0, 0.1) is 5.92 Å². The summed E-state index contributed by atoms with van der Waals surface area (Å²) in [5.41, 5.74) is 0.